The van der Waals surface area contributed by atoms with Crippen molar-refractivity contribution in [1.82, 2.24) is 4.90 Å². The van der Waals surface area contributed by atoms with Gasteiger partial charge < -0.3 is 9.47 Å². The Morgan fingerprint density at radius 1 is 1.40 bits per heavy atom. The number of nitrogens with zero attached hydrogens (tertiary/aromatic N) is 1. The highest BCUT2D eigenvalue weighted by Gasteiger charge is 2.45. The van der Waals surface area contributed by atoms with Gasteiger partial charge in [0.1, 0.15) is 5.57 Å². The van der Waals surface area contributed by atoms with Crippen molar-refractivity contribution in [2.24, 2.45) is 0 Å². The van der Waals surface area contributed by atoms with Crippen molar-refractivity contribution in [2.75, 3.05) is 13.2 Å². The Morgan fingerprint density at radius 2 is 2.15 bits per heavy atom. The molecule has 5 nitrogen and oxygen atoms in total. The third kappa shape index (κ3) is 2.00. The minimum atomic E-state index is -0.557. The van der Waals surface area contributed by atoms with Crippen LogP contribution in [-0.4, -0.2) is 36.0 Å². The van der Waals surface area contributed by atoms with E-state index >= 15 is 0 Å². The van der Waals surface area contributed by atoms with E-state index in [0.717, 1.165) is 5.56 Å². The second-order valence-corrected chi connectivity index (χ2v) is 4.68. The topological polar surface area (TPSA) is 55.8 Å². The van der Waals surface area contributed by atoms with Gasteiger partial charge in [0.2, 0.25) is 0 Å². The second-order valence-electron chi connectivity index (χ2n) is 4.68. The first-order valence-corrected chi connectivity index (χ1v) is 6.60. The molecule has 0 aromatic heterocycles. The Morgan fingerprint density at radius 3 is 2.85 bits per heavy atom. The van der Waals surface area contributed by atoms with Gasteiger partial charge in [-0.05, 0) is 13.0 Å². The number of hydrogen-bond acceptors (Lipinski definition) is 4. The molecule has 0 bridgehead atoms. The zero-order chi connectivity index (χ0) is 14.1. The molecule has 1 aromatic rings. The highest BCUT2D eigenvalue weighted by atomic mass is 16.5. The van der Waals surface area contributed by atoms with E-state index in [2.05, 4.69) is 0 Å². The van der Waals surface area contributed by atoms with Crippen molar-refractivity contribution < 1.29 is 19.1 Å². The molecule has 0 aliphatic carbocycles. The van der Waals surface area contributed by atoms with Crippen LogP contribution in [0.3, 0.4) is 0 Å². The Kier molecular flexibility index (Phi) is 3.28. The van der Waals surface area contributed by atoms with Crippen molar-refractivity contribution in [3.8, 4) is 0 Å². The van der Waals surface area contributed by atoms with E-state index in [1.54, 1.807) is 17.9 Å². The number of ether oxygens (including phenoxy) is 2. The Bertz CT molecular complexity index is 566. The van der Waals surface area contributed by atoms with Crippen LogP contribution >= 0.6 is 0 Å². The summed E-state index contributed by atoms with van der Waals surface area (Å²) in [5.74, 6) is -0.876. The second kappa shape index (κ2) is 5.09. The third-order valence-corrected chi connectivity index (χ3v) is 3.44. The highest BCUT2D eigenvalue weighted by molar-refractivity contribution is 6.18. The summed E-state index contributed by atoms with van der Waals surface area (Å²) in [5, 5.41) is 0. The van der Waals surface area contributed by atoms with Gasteiger partial charge in [0.25, 0.3) is 5.91 Å². The molecule has 5 heteroatoms. The molecular formula is C15H15NO4. The molecule has 2 aliphatic heterocycles. The molecule has 3 rings (SSSR count). The monoisotopic (exact) mass is 273 g/mol. The molecule has 2 heterocycles. The molecule has 1 unspecified atom stereocenters. The van der Waals surface area contributed by atoms with E-state index in [0.29, 0.717) is 6.61 Å². The van der Waals surface area contributed by atoms with E-state index in [1.807, 2.05) is 30.3 Å². The number of amides is 1. The van der Waals surface area contributed by atoms with Crippen LogP contribution in [0.2, 0.25) is 0 Å². The summed E-state index contributed by atoms with van der Waals surface area (Å²) >= 11 is 0. The summed E-state index contributed by atoms with van der Waals surface area (Å²) < 4.78 is 10.6. The van der Waals surface area contributed by atoms with Crippen LogP contribution in [0.4, 0.5) is 0 Å². The maximum atomic E-state index is 12.4. The van der Waals surface area contributed by atoms with Gasteiger partial charge in [-0.1, -0.05) is 30.3 Å². The van der Waals surface area contributed by atoms with E-state index in [1.165, 1.54) is 0 Å². The van der Waals surface area contributed by atoms with Crippen molar-refractivity contribution in [3.63, 3.8) is 0 Å². The van der Waals surface area contributed by atoms with Crippen molar-refractivity contribution >= 4 is 11.9 Å². The Balaban J connectivity index is 1.84. The number of fused-ring (bicyclic) bond motifs is 1. The molecule has 0 saturated carbocycles. The van der Waals surface area contributed by atoms with E-state index in [4.69, 9.17) is 9.47 Å². The summed E-state index contributed by atoms with van der Waals surface area (Å²) in [5.41, 5.74) is 1.02. The predicted molar refractivity (Wildman–Crippen MR) is 70.5 cm³/mol. The van der Waals surface area contributed by atoms with Gasteiger partial charge in [0.15, 0.2) is 6.23 Å². The number of esters is 1. The molecule has 0 N–H and O–H groups in total. The molecule has 104 valence electrons. The van der Waals surface area contributed by atoms with Crippen molar-refractivity contribution in [1.29, 1.82) is 0 Å². The number of rotatable bonds is 3. The first-order valence-electron chi connectivity index (χ1n) is 6.60. The lowest BCUT2D eigenvalue weighted by Gasteiger charge is -2.22. The van der Waals surface area contributed by atoms with E-state index < -0.39 is 12.2 Å². The lowest BCUT2D eigenvalue weighted by molar-refractivity contribution is -0.142. The molecule has 2 aliphatic rings. The molecule has 0 spiro atoms. The fraction of sp³-hybridized carbons (Fsp3) is 0.333. The van der Waals surface area contributed by atoms with Crippen LogP contribution in [0.5, 0.6) is 0 Å². The summed E-state index contributed by atoms with van der Waals surface area (Å²) in [6, 6.07) is 9.32. The number of benzene rings is 1. The molecule has 1 saturated heterocycles. The molecule has 20 heavy (non-hydrogen) atoms. The summed E-state index contributed by atoms with van der Waals surface area (Å²) in [6.07, 6.45) is 1.21. The summed E-state index contributed by atoms with van der Waals surface area (Å²) in [4.78, 5) is 25.7. The molecular weight excluding hydrogens is 258 g/mol. The van der Waals surface area contributed by atoms with Gasteiger partial charge in [-0.2, -0.15) is 0 Å². The molecule has 2 atom stereocenters. The zero-order valence-corrected chi connectivity index (χ0v) is 11.1. The third-order valence-electron chi connectivity index (χ3n) is 3.44. The molecule has 1 fully saturated rings. The first-order chi connectivity index (χ1) is 9.72. The fourth-order valence-electron chi connectivity index (χ4n) is 2.55. The lowest BCUT2D eigenvalue weighted by atomic mass is 10.2. The van der Waals surface area contributed by atoms with Gasteiger partial charge in [0, 0.05) is 5.56 Å². The van der Waals surface area contributed by atoms with E-state index in [9.17, 15) is 9.59 Å². The zero-order valence-electron chi connectivity index (χ0n) is 11.1. The van der Waals surface area contributed by atoms with E-state index in [-0.39, 0.29) is 24.1 Å². The number of hydrogen-bond donors (Lipinski definition) is 0. The fourth-order valence-corrected chi connectivity index (χ4v) is 2.55. The van der Waals surface area contributed by atoms with Gasteiger partial charge >= 0.3 is 5.97 Å². The highest BCUT2D eigenvalue weighted by Crippen LogP contribution is 2.36. The van der Waals surface area contributed by atoms with Crippen LogP contribution in [0.15, 0.2) is 42.0 Å². The average Bonchev–Trinajstić information content (AvgIpc) is 3.01. The number of carbonyl (C=O) groups is 2. The van der Waals surface area contributed by atoms with Gasteiger partial charge in [-0.15, -0.1) is 0 Å². The van der Waals surface area contributed by atoms with Gasteiger partial charge in [-0.25, -0.2) is 4.79 Å². The summed E-state index contributed by atoms with van der Waals surface area (Å²) in [7, 11) is 0. The molecule has 1 aromatic carbocycles. The van der Waals surface area contributed by atoms with Crippen molar-refractivity contribution in [2.45, 2.75) is 19.2 Å². The molecule has 0 radical (unpaired) electrons. The van der Waals surface area contributed by atoms with Crippen LogP contribution < -0.4 is 0 Å². The van der Waals surface area contributed by atoms with Crippen LogP contribution in [0.1, 0.15) is 18.7 Å². The average molecular weight is 273 g/mol. The van der Waals surface area contributed by atoms with Crippen LogP contribution in [0, 0.1) is 0 Å². The first kappa shape index (κ1) is 12.9. The minimum absolute atomic E-state index is 0.112. The maximum absolute atomic E-state index is 12.4. The minimum Gasteiger partial charge on any atom is -0.462 e. The number of carbonyl (C=O) groups excluding carboxylic acids is 2. The van der Waals surface area contributed by atoms with Crippen LogP contribution in [-0.2, 0) is 19.1 Å². The standard InChI is InChI=1S/C15H15NO4/c1-2-19-15(18)12-8-11-9-20-14(16(11)13(12)17)10-6-4-3-5-7-10/h3-8,11,14H,2,9H2,1H3/t11?,14-/m1/s1. The molecule has 1 amide bonds. The van der Waals surface area contributed by atoms with Crippen molar-refractivity contribution in [3.05, 3.63) is 47.5 Å². The SMILES string of the molecule is CCOC(=O)C1=CC2CO[C@H](c3ccccc3)N2C1=O. The van der Waals surface area contributed by atoms with Crippen LogP contribution in [0.25, 0.3) is 0 Å². The predicted octanol–water partition coefficient (Wildman–Crippen LogP) is 1.42. The smallest absolute Gasteiger partial charge is 0.343 e. The largest absolute Gasteiger partial charge is 0.462 e. The lowest BCUT2D eigenvalue weighted by Crippen LogP contribution is -2.33. The normalized spacial score (nSPS) is 24.6. The van der Waals surface area contributed by atoms with Gasteiger partial charge in [0.05, 0.1) is 19.3 Å². The Labute approximate surface area is 116 Å². The van der Waals surface area contributed by atoms with Gasteiger partial charge in [-0.3, -0.25) is 9.69 Å². The quantitative estimate of drug-likeness (QED) is 0.617. The Hall–Kier alpha value is -2.14. The maximum Gasteiger partial charge on any atom is 0.343 e. The summed E-state index contributed by atoms with van der Waals surface area (Å²) in [6.45, 7) is 2.37.